The largest absolute Gasteiger partial charge is 0.382 e. The summed E-state index contributed by atoms with van der Waals surface area (Å²) in [5.74, 6) is 1.58. The van der Waals surface area contributed by atoms with Gasteiger partial charge in [0.2, 0.25) is 0 Å². The van der Waals surface area contributed by atoms with Crippen molar-refractivity contribution < 1.29 is 9.47 Å². The Morgan fingerprint density at radius 3 is 2.52 bits per heavy atom. The van der Waals surface area contributed by atoms with Crippen LogP contribution >= 0.6 is 0 Å². The first-order valence-corrected chi connectivity index (χ1v) is 11.8. The van der Waals surface area contributed by atoms with E-state index in [2.05, 4.69) is 58.3 Å². The molecule has 0 saturated carbocycles. The number of aliphatic imine (C=N–C) groups is 1. The fourth-order valence-electron chi connectivity index (χ4n) is 4.16. The molecule has 1 N–H and O–H groups in total. The first kappa shape index (κ1) is 24.0. The normalized spacial score (nSPS) is 21.1. The fraction of sp³-hybridized carbons (Fsp3) is 0.708. The molecule has 0 spiro atoms. The van der Waals surface area contributed by atoms with E-state index in [1.165, 1.54) is 11.1 Å². The van der Waals surface area contributed by atoms with Gasteiger partial charge in [-0.2, -0.15) is 0 Å². The van der Waals surface area contributed by atoms with Crippen LogP contribution in [-0.4, -0.2) is 100 Å². The van der Waals surface area contributed by atoms with Gasteiger partial charge in [0.15, 0.2) is 5.96 Å². The van der Waals surface area contributed by atoms with Crippen LogP contribution in [0.2, 0.25) is 0 Å². The molecule has 7 nitrogen and oxygen atoms in total. The summed E-state index contributed by atoms with van der Waals surface area (Å²) in [6.07, 6.45) is 1.15. The lowest BCUT2D eigenvalue weighted by Gasteiger charge is -2.32. The van der Waals surface area contributed by atoms with Crippen LogP contribution in [0, 0.1) is 5.92 Å². The first-order valence-electron chi connectivity index (χ1n) is 11.8. The number of likely N-dealkylation sites (N-methyl/N-ethyl adjacent to an activating group) is 1. The number of benzene rings is 1. The maximum absolute atomic E-state index is 5.73. The molecule has 2 heterocycles. The van der Waals surface area contributed by atoms with Gasteiger partial charge in [-0.1, -0.05) is 24.3 Å². The second-order valence-electron chi connectivity index (χ2n) is 8.73. The molecule has 2 fully saturated rings. The number of methoxy groups -OCH3 is 1. The molecule has 2 aliphatic rings. The van der Waals surface area contributed by atoms with Gasteiger partial charge in [0.25, 0.3) is 0 Å². The Morgan fingerprint density at radius 2 is 1.81 bits per heavy atom. The molecule has 2 aliphatic heterocycles. The smallest absolute Gasteiger partial charge is 0.194 e. The van der Waals surface area contributed by atoms with E-state index < -0.39 is 0 Å². The van der Waals surface area contributed by atoms with Crippen molar-refractivity contribution in [1.29, 1.82) is 0 Å². The Labute approximate surface area is 188 Å². The highest BCUT2D eigenvalue weighted by Gasteiger charge is 2.25. The topological polar surface area (TPSA) is 52.6 Å². The number of hydrogen-bond acceptors (Lipinski definition) is 5. The fourth-order valence-corrected chi connectivity index (χ4v) is 4.16. The average molecular weight is 432 g/mol. The van der Waals surface area contributed by atoms with E-state index in [9.17, 15) is 0 Å². The van der Waals surface area contributed by atoms with E-state index in [1.807, 2.05) is 0 Å². The summed E-state index contributed by atoms with van der Waals surface area (Å²) in [4.78, 5) is 12.2. The van der Waals surface area contributed by atoms with Gasteiger partial charge in [-0.25, -0.2) is 4.99 Å². The first-order chi connectivity index (χ1) is 15.2. The summed E-state index contributed by atoms with van der Waals surface area (Å²) in [6.45, 7) is 13.6. The van der Waals surface area contributed by atoms with E-state index in [1.54, 1.807) is 7.11 Å². The summed E-state index contributed by atoms with van der Waals surface area (Å²) in [7, 11) is 3.91. The minimum absolute atomic E-state index is 0.564. The Kier molecular flexibility index (Phi) is 10.1. The molecule has 1 unspecified atom stereocenters. The number of rotatable bonds is 10. The zero-order chi connectivity index (χ0) is 21.9. The third-order valence-corrected chi connectivity index (χ3v) is 6.14. The zero-order valence-electron chi connectivity index (χ0n) is 19.7. The number of hydrogen-bond donors (Lipinski definition) is 1. The van der Waals surface area contributed by atoms with Crippen LogP contribution in [0.3, 0.4) is 0 Å². The van der Waals surface area contributed by atoms with Crippen LogP contribution in [-0.2, 0) is 22.6 Å². The number of nitrogens with one attached hydrogen (secondary N) is 1. The molecule has 3 rings (SSSR count). The van der Waals surface area contributed by atoms with Gasteiger partial charge in [-0.3, -0.25) is 4.90 Å². The second-order valence-corrected chi connectivity index (χ2v) is 8.73. The monoisotopic (exact) mass is 431 g/mol. The van der Waals surface area contributed by atoms with Crippen molar-refractivity contribution in [2.24, 2.45) is 10.9 Å². The summed E-state index contributed by atoms with van der Waals surface area (Å²) in [5.41, 5.74) is 2.65. The van der Waals surface area contributed by atoms with Crippen LogP contribution in [0.1, 0.15) is 24.5 Å². The van der Waals surface area contributed by atoms with Crippen molar-refractivity contribution in [3.8, 4) is 0 Å². The quantitative estimate of drug-likeness (QED) is 0.347. The van der Waals surface area contributed by atoms with Crippen molar-refractivity contribution in [3.05, 3.63) is 35.4 Å². The number of guanidine groups is 1. The molecule has 0 aromatic heterocycles. The van der Waals surface area contributed by atoms with Crippen molar-refractivity contribution >= 4 is 5.96 Å². The summed E-state index contributed by atoms with van der Waals surface area (Å²) in [5, 5.41) is 3.47. The molecule has 2 saturated heterocycles. The van der Waals surface area contributed by atoms with Gasteiger partial charge < -0.3 is 24.6 Å². The highest BCUT2D eigenvalue weighted by molar-refractivity contribution is 5.80. The molecule has 0 bridgehead atoms. The van der Waals surface area contributed by atoms with E-state index in [0.717, 1.165) is 71.3 Å². The van der Waals surface area contributed by atoms with Crippen molar-refractivity contribution in [1.82, 2.24) is 20.0 Å². The summed E-state index contributed by atoms with van der Waals surface area (Å²) < 4.78 is 10.8. The molecule has 174 valence electrons. The van der Waals surface area contributed by atoms with E-state index in [0.29, 0.717) is 25.7 Å². The molecular formula is C24H41N5O2. The maximum atomic E-state index is 5.73. The molecular weight excluding hydrogens is 390 g/mol. The van der Waals surface area contributed by atoms with Crippen LogP contribution in [0.25, 0.3) is 0 Å². The zero-order valence-corrected chi connectivity index (χ0v) is 19.7. The highest BCUT2D eigenvalue weighted by Crippen LogP contribution is 2.17. The molecule has 7 heteroatoms. The number of nitrogens with zero attached hydrogens (tertiary/aromatic N) is 4. The van der Waals surface area contributed by atoms with Gasteiger partial charge in [0, 0.05) is 65.4 Å². The lowest BCUT2D eigenvalue weighted by Crippen LogP contribution is -2.43. The molecule has 0 aliphatic carbocycles. The van der Waals surface area contributed by atoms with E-state index >= 15 is 0 Å². The number of likely N-dealkylation sites (tertiary alicyclic amines) is 1. The van der Waals surface area contributed by atoms with Gasteiger partial charge in [-0.15, -0.1) is 0 Å². The van der Waals surface area contributed by atoms with Gasteiger partial charge in [-0.05, 0) is 31.5 Å². The Balaban J connectivity index is 1.47. The predicted molar refractivity (Wildman–Crippen MR) is 126 cm³/mol. The second kappa shape index (κ2) is 13.0. The molecule has 31 heavy (non-hydrogen) atoms. The minimum atomic E-state index is 0.564. The standard InChI is InChI=1S/C24H41N5O2/c1-4-25-24(29-10-9-23(19-29)20-31-16-15-30-3)26-17-21-5-7-22(8-6-21)18-28-13-11-27(2)12-14-28/h5-8,23H,4,9-20H2,1-3H3,(H,25,26). The van der Waals surface area contributed by atoms with Crippen molar-refractivity contribution in [3.63, 3.8) is 0 Å². The number of ether oxygens (including phenoxy) is 2. The predicted octanol–water partition coefficient (Wildman–Crippen LogP) is 1.88. The van der Waals surface area contributed by atoms with Crippen LogP contribution in [0.4, 0.5) is 0 Å². The molecule has 0 radical (unpaired) electrons. The molecule has 0 amide bonds. The van der Waals surface area contributed by atoms with Gasteiger partial charge >= 0.3 is 0 Å². The number of piperazine rings is 1. The van der Waals surface area contributed by atoms with Crippen LogP contribution in [0.5, 0.6) is 0 Å². The van der Waals surface area contributed by atoms with Crippen LogP contribution in [0.15, 0.2) is 29.3 Å². The Bertz CT molecular complexity index is 658. The SMILES string of the molecule is CCNC(=NCc1ccc(CN2CCN(C)CC2)cc1)N1CCC(COCCOC)C1. The lowest BCUT2D eigenvalue weighted by atomic mass is 10.1. The lowest BCUT2D eigenvalue weighted by molar-refractivity contribution is 0.0536. The van der Waals surface area contributed by atoms with Gasteiger partial charge in [0.05, 0.1) is 26.4 Å². The molecule has 1 atom stereocenters. The van der Waals surface area contributed by atoms with E-state index in [4.69, 9.17) is 14.5 Å². The van der Waals surface area contributed by atoms with Crippen molar-refractivity contribution in [2.45, 2.75) is 26.4 Å². The molecule has 1 aromatic rings. The highest BCUT2D eigenvalue weighted by atomic mass is 16.5. The van der Waals surface area contributed by atoms with Gasteiger partial charge in [0.1, 0.15) is 0 Å². The third kappa shape index (κ3) is 8.07. The summed E-state index contributed by atoms with van der Waals surface area (Å²) in [6, 6.07) is 8.99. The average Bonchev–Trinajstić information content (AvgIpc) is 3.25. The Hall–Kier alpha value is -1.67. The Morgan fingerprint density at radius 1 is 1.06 bits per heavy atom. The maximum Gasteiger partial charge on any atom is 0.194 e. The van der Waals surface area contributed by atoms with E-state index in [-0.39, 0.29) is 0 Å². The van der Waals surface area contributed by atoms with Crippen molar-refractivity contribution in [2.75, 3.05) is 79.8 Å². The summed E-state index contributed by atoms with van der Waals surface area (Å²) >= 11 is 0. The minimum Gasteiger partial charge on any atom is -0.382 e. The third-order valence-electron chi connectivity index (χ3n) is 6.14. The van der Waals surface area contributed by atoms with Crippen LogP contribution < -0.4 is 5.32 Å². The molecule has 1 aromatic carbocycles.